The second-order valence-corrected chi connectivity index (χ2v) is 5.88. The van der Waals surface area contributed by atoms with E-state index in [1.165, 1.54) is 6.42 Å². The molecule has 0 aliphatic carbocycles. The smallest absolute Gasteiger partial charge is 0.251 e. The van der Waals surface area contributed by atoms with Gasteiger partial charge in [0.15, 0.2) is 0 Å². The summed E-state index contributed by atoms with van der Waals surface area (Å²) < 4.78 is 11.4. The molecule has 2 rings (SSSR count). The minimum atomic E-state index is -0.396. The standard InChI is InChI=1S/C15H28N2O3/c1-12(20-11-14-7-3-5-9-19-14)15(18)17-8-4-2-6-13(17)10-16/h12-14H,2-11,16H2,1H3. The number of amides is 1. The SMILES string of the molecule is CC(OCC1CCCCO1)C(=O)N1CCCCC1CN. The van der Waals surface area contributed by atoms with Crippen LogP contribution < -0.4 is 5.73 Å². The summed E-state index contributed by atoms with van der Waals surface area (Å²) in [6, 6.07) is 0.188. The number of carbonyl (C=O) groups excluding carboxylic acids is 1. The van der Waals surface area contributed by atoms with Crippen LogP contribution in [0.2, 0.25) is 0 Å². The van der Waals surface area contributed by atoms with Crippen molar-refractivity contribution in [3.8, 4) is 0 Å². The minimum absolute atomic E-state index is 0.0796. The number of carbonyl (C=O) groups is 1. The van der Waals surface area contributed by atoms with Crippen LogP contribution in [0.25, 0.3) is 0 Å². The van der Waals surface area contributed by atoms with Crippen LogP contribution in [0.3, 0.4) is 0 Å². The molecule has 0 spiro atoms. The Morgan fingerprint density at radius 1 is 1.35 bits per heavy atom. The highest BCUT2D eigenvalue weighted by atomic mass is 16.5. The van der Waals surface area contributed by atoms with Crippen LogP contribution in [-0.4, -0.2) is 55.4 Å². The Hall–Kier alpha value is -0.650. The van der Waals surface area contributed by atoms with Gasteiger partial charge in [-0.2, -0.15) is 0 Å². The normalized spacial score (nSPS) is 29.2. The van der Waals surface area contributed by atoms with Crippen molar-refractivity contribution in [3.05, 3.63) is 0 Å². The third-order valence-electron chi connectivity index (χ3n) is 4.34. The van der Waals surface area contributed by atoms with Crippen LogP contribution in [0.1, 0.15) is 45.4 Å². The Kier molecular flexibility index (Phi) is 6.26. The molecular weight excluding hydrogens is 256 g/mol. The average molecular weight is 284 g/mol. The molecule has 2 saturated heterocycles. The quantitative estimate of drug-likeness (QED) is 0.826. The van der Waals surface area contributed by atoms with Gasteiger partial charge in [0.25, 0.3) is 5.91 Å². The highest BCUT2D eigenvalue weighted by Crippen LogP contribution is 2.18. The zero-order valence-electron chi connectivity index (χ0n) is 12.6. The monoisotopic (exact) mass is 284 g/mol. The molecule has 2 aliphatic rings. The van der Waals surface area contributed by atoms with Crippen molar-refractivity contribution < 1.29 is 14.3 Å². The van der Waals surface area contributed by atoms with E-state index in [1.807, 2.05) is 11.8 Å². The van der Waals surface area contributed by atoms with Crippen molar-refractivity contribution in [2.45, 2.75) is 63.7 Å². The van der Waals surface area contributed by atoms with E-state index in [1.54, 1.807) is 0 Å². The van der Waals surface area contributed by atoms with Crippen LogP contribution in [0, 0.1) is 0 Å². The summed E-state index contributed by atoms with van der Waals surface area (Å²) >= 11 is 0. The molecule has 0 bridgehead atoms. The second kappa shape index (κ2) is 7.96. The van der Waals surface area contributed by atoms with E-state index in [9.17, 15) is 4.79 Å². The number of hydrogen-bond donors (Lipinski definition) is 1. The van der Waals surface area contributed by atoms with Crippen LogP contribution in [-0.2, 0) is 14.3 Å². The lowest BCUT2D eigenvalue weighted by Crippen LogP contribution is -2.51. The number of ether oxygens (including phenoxy) is 2. The molecule has 3 atom stereocenters. The van der Waals surface area contributed by atoms with Gasteiger partial charge in [-0.1, -0.05) is 0 Å². The number of nitrogens with zero attached hydrogens (tertiary/aromatic N) is 1. The van der Waals surface area contributed by atoms with Gasteiger partial charge in [-0.3, -0.25) is 4.79 Å². The van der Waals surface area contributed by atoms with Crippen molar-refractivity contribution in [2.24, 2.45) is 5.73 Å². The predicted octanol–water partition coefficient (Wildman–Crippen LogP) is 1.30. The third kappa shape index (κ3) is 4.17. The maximum atomic E-state index is 12.4. The van der Waals surface area contributed by atoms with Gasteiger partial charge in [-0.05, 0) is 45.4 Å². The Morgan fingerprint density at radius 3 is 2.85 bits per heavy atom. The van der Waals surface area contributed by atoms with Gasteiger partial charge in [0.2, 0.25) is 0 Å². The second-order valence-electron chi connectivity index (χ2n) is 5.88. The molecular formula is C15H28N2O3. The number of rotatable bonds is 5. The van der Waals surface area contributed by atoms with E-state index >= 15 is 0 Å². The largest absolute Gasteiger partial charge is 0.376 e. The fourth-order valence-electron chi connectivity index (χ4n) is 3.03. The molecule has 2 heterocycles. The average Bonchev–Trinajstić information content (AvgIpc) is 2.52. The first-order valence-corrected chi connectivity index (χ1v) is 7.96. The van der Waals surface area contributed by atoms with Crippen molar-refractivity contribution >= 4 is 5.91 Å². The molecule has 5 heteroatoms. The minimum Gasteiger partial charge on any atom is -0.376 e. The van der Waals surface area contributed by atoms with Crippen LogP contribution in [0.4, 0.5) is 0 Å². The molecule has 1 amide bonds. The fourth-order valence-corrected chi connectivity index (χ4v) is 3.03. The Labute approximate surface area is 121 Å². The molecule has 0 aromatic heterocycles. The van der Waals surface area contributed by atoms with Crippen LogP contribution >= 0.6 is 0 Å². The number of piperidine rings is 1. The summed E-state index contributed by atoms with van der Waals surface area (Å²) in [4.78, 5) is 14.4. The molecule has 0 aromatic carbocycles. The van der Waals surface area contributed by atoms with Crippen molar-refractivity contribution in [2.75, 3.05) is 26.3 Å². The zero-order chi connectivity index (χ0) is 14.4. The van der Waals surface area contributed by atoms with Gasteiger partial charge in [-0.25, -0.2) is 0 Å². The molecule has 116 valence electrons. The van der Waals surface area contributed by atoms with Gasteiger partial charge in [0.1, 0.15) is 6.10 Å². The first-order chi connectivity index (χ1) is 9.72. The molecule has 2 fully saturated rings. The predicted molar refractivity (Wildman–Crippen MR) is 77.4 cm³/mol. The van der Waals surface area contributed by atoms with Crippen molar-refractivity contribution in [1.82, 2.24) is 4.90 Å². The first-order valence-electron chi connectivity index (χ1n) is 7.96. The highest BCUT2D eigenvalue weighted by Gasteiger charge is 2.29. The van der Waals surface area contributed by atoms with Crippen molar-refractivity contribution in [1.29, 1.82) is 0 Å². The zero-order valence-corrected chi connectivity index (χ0v) is 12.6. The van der Waals surface area contributed by atoms with E-state index in [4.69, 9.17) is 15.2 Å². The summed E-state index contributed by atoms with van der Waals surface area (Å²) in [5, 5.41) is 0. The summed E-state index contributed by atoms with van der Waals surface area (Å²) in [5.41, 5.74) is 5.77. The molecule has 0 saturated carbocycles. The topological polar surface area (TPSA) is 64.8 Å². The maximum Gasteiger partial charge on any atom is 0.251 e. The van der Waals surface area contributed by atoms with Crippen LogP contribution in [0.5, 0.6) is 0 Å². The maximum absolute atomic E-state index is 12.4. The summed E-state index contributed by atoms with van der Waals surface area (Å²) in [6.45, 7) is 4.54. The molecule has 20 heavy (non-hydrogen) atoms. The lowest BCUT2D eigenvalue weighted by atomic mass is 10.0. The Balaban J connectivity index is 1.78. The Morgan fingerprint density at radius 2 is 2.15 bits per heavy atom. The lowest BCUT2D eigenvalue weighted by Gasteiger charge is -2.36. The summed E-state index contributed by atoms with van der Waals surface area (Å²) in [6.07, 6.45) is 6.38. The lowest BCUT2D eigenvalue weighted by molar-refractivity contribution is -0.149. The molecule has 2 N–H and O–H groups in total. The van der Waals surface area contributed by atoms with Gasteiger partial charge in [0, 0.05) is 25.7 Å². The first kappa shape index (κ1) is 15.7. The van der Waals surface area contributed by atoms with E-state index < -0.39 is 6.10 Å². The molecule has 3 unspecified atom stereocenters. The highest BCUT2D eigenvalue weighted by molar-refractivity contribution is 5.81. The molecule has 2 aliphatic heterocycles. The summed E-state index contributed by atoms with van der Waals surface area (Å²) in [7, 11) is 0. The number of nitrogens with two attached hydrogens (primary N) is 1. The number of hydrogen-bond acceptors (Lipinski definition) is 4. The molecule has 0 aromatic rings. The fraction of sp³-hybridized carbons (Fsp3) is 0.933. The van der Waals surface area contributed by atoms with E-state index in [0.717, 1.165) is 45.3 Å². The number of likely N-dealkylation sites (tertiary alicyclic amines) is 1. The Bertz CT molecular complexity index is 305. The van der Waals surface area contributed by atoms with Gasteiger partial charge in [-0.15, -0.1) is 0 Å². The van der Waals surface area contributed by atoms with Gasteiger partial charge < -0.3 is 20.1 Å². The summed E-state index contributed by atoms with van der Waals surface area (Å²) in [5.74, 6) is 0.0796. The van der Waals surface area contributed by atoms with E-state index in [2.05, 4.69) is 0 Å². The van der Waals surface area contributed by atoms with Crippen LogP contribution in [0.15, 0.2) is 0 Å². The molecule has 5 nitrogen and oxygen atoms in total. The van der Waals surface area contributed by atoms with Crippen molar-refractivity contribution in [3.63, 3.8) is 0 Å². The van der Waals surface area contributed by atoms with E-state index in [-0.39, 0.29) is 18.1 Å². The van der Waals surface area contributed by atoms with Gasteiger partial charge >= 0.3 is 0 Å². The third-order valence-corrected chi connectivity index (χ3v) is 4.34. The molecule has 0 radical (unpaired) electrons. The van der Waals surface area contributed by atoms with E-state index in [0.29, 0.717) is 13.2 Å². The van der Waals surface area contributed by atoms with Gasteiger partial charge in [0.05, 0.1) is 12.7 Å².